The van der Waals surface area contributed by atoms with E-state index < -0.39 is 5.54 Å². The summed E-state index contributed by atoms with van der Waals surface area (Å²) in [6.45, 7) is 2.13. The maximum Gasteiger partial charge on any atom is 0.271 e. The molecule has 1 aromatic heterocycles. The van der Waals surface area contributed by atoms with Gasteiger partial charge in [0.2, 0.25) is 11.8 Å². The molecule has 0 fully saturated rings. The van der Waals surface area contributed by atoms with E-state index in [1.165, 1.54) is 4.90 Å². The number of hydrogen-bond acceptors (Lipinski definition) is 3. The highest BCUT2D eigenvalue weighted by Crippen LogP contribution is 2.31. The van der Waals surface area contributed by atoms with Crippen molar-refractivity contribution in [2.24, 2.45) is 0 Å². The maximum atomic E-state index is 13.1. The van der Waals surface area contributed by atoms with Crippen molar-refractivity contribution in [2.45, 2.75) is 25.6 Å². The number of likely N-dealkylation sites (N-methyl/N-ethyl adjacent to an activating group) is 1. The number of hydrogen-bond donors (Lipinski definition) is 2. The molecule has 1 atom stereocenters. The van der Waals surface area contributed by atoms with Gasteiger partial charge < -0.3 is 20.1 Å². The second-order valence-corrected chi connectivity index (χ2v) is 8.34. The van der Waals surface area contributed by atoms with Crippen molar-refractivity contribution in [3.63, 3.8) is 0 Å². The smallest absolute Gasteiger partial charge is 0.271 e. The van der Waals surface area contributed by atoms with Gasteiger partial charge in [0.15, 0.2) is 0 Å². The molecule has 0 unspecified atom stereocenters. The van der Waals surface area contributed by atoms with E-state index in [0.717, 1.165) is 16.5 Å². The zero-order chi connectivity index (χ0) is 22.2. The van der Waals surface area contributed by atoms with Gasteiger partial charge in [-0.25, -0.2) is 0 Å². The van der Waals surface area contributed by atoms with Crippen LogP contribution in [-0.4, -0.2) is 46.3 Å². The van der Waals surface area contributed by atoms with Gasteiger partial charge in [0, 0.05) is 29.5 Å². The molecule has 2 heterocycles. The van der Waals surface area contributed by atoms with Gasteiger partial charge in [-0.15, -0.1) is 0 Å². The highest BCUT2D eigenvalue weighted by Gasteiger charge is 2.45. The van der Waals surface area contributed by atoms with Gasteiger partial charge in [0.1, 0.15) is 11.2 Å². The molecule has 1 aliphatic rings. The lowest BCUT2D eigenvalue weighted by molar-refractivity contribution is -0.134. The zero-order valence-corrected chi connectivity index (χ0v) is 18.1. The minimum Gasteiger partial charge on any atom is -0.350 e. The molecule has 0 spiro atoms. The van der Waals surface area contributed by atoms with Gasteiger partial charge in [0.25, 0.3) is 5.91 Å². The number of fused-ring (bicyclic) bond motifs is 3. The van der Waals surface area contributed by atoms with Crippen LogP contribution in [0.2, 0.25) is 5.02 Å². The van der Waals surface area contributed by atoms with Gasteiger partial charge >= 0.3 is 0 Å². The Balaban J connectivity index is 1.44. The third-order valence-electron chi connectivity index (χ3n) is 5.82. The Hall–Kier alpha value is -3.32. The number of benzene rings is 2. The number of nitrogens with zero attached hydrogens (tertiary/aromatic N) is 2. The number of carbonyl (C=O) groups excluding carboxylic acids is 3. The second kappa shape index (κ2) is 8.07. The van der Waals surface area contributed by atoms with Crippen LogP contribution in [0.1, 0.15) is 23.0 Å². The summed E-state index contributed by atoms with van der Waals surface area (Å²) in [5, 5.41) is 6.97. The summed E-state index contributed by atoms with van der Waals surface area (Å²) in [5.74, 6) is -0.941. The van der Waals surface area contributed by atoms with Crippen molar-refractivity contribution < 1.29 is 14.4 Å². The van der Waals surface area contributed by atoms with E-state index >= 15 is 0 Å². The average Bonchev–Trinajstić information content (AvgIpc) is 3.13. The predicted molar refractivity (Wildman–Crippen MR) is 119 cm³/mol. The first-order valence-electron chi connectivity index (χ1n) is 9.95. The molecule has 0 saturated carbocycles. The molecule has 0 aliphatic carbocycles. The molecule has 3 amide bonds. The van der Waals surface area contributed by atoms with Gasteiger partial charge in [-0.3, -0.25) is 14.4 Å². The van der Waals surface area contributed by atoms with Crippen molar-refractivity contribution in [3.05, 3.63) is 70.9 Å². The molecule has 160 valence electrons. The second-order valence-electron chi connectivity index (χ2n) is 7.90. The fourth-order valence-electron chi connectivity index (χ4n) is 3.85. The first-order chi connectivity index (χ1) is 14.8. The van der Waals surface area contributed by atoms with Crippen molar-refractivity contribution in [1.82, 2.24) is 20.1 Å². The van der Waals surface area contributed by atoms with E-state index in [-0.39, 0.29) is 24.3 Å². The quantitative estimate of drug-likeness (QED) is 0.642. The first-order valence-corrected chi connectivity index (χ1v) is 10.3. The number of carbonyl (C=O) groups is 3. The summed E-state index contributed by atoms with van der Waals surface area (Å²) in [6.07, 6.45) is 0. The van der Waals surface area contributed by atoms with Crippen LogP contribution in [0.4, 0.5) is 0 Å². The zero-order valence-electron chi connectivity index (χ0n) is 17.3. The van der Waals surface area contributed by atoms with Crippen LogP contribution >= 0.6 is 11.6 Å². The largest absolute Gasteiger partial charge is 0.350 e. The molecular weight excluding hydrogens is 416 g/mol. The fraction of sp³-hybridized carbons (Fsp3) is 0.261. The number of rotatable bonds is 5. The Morgan fingerprint density at radius 2 is 1.87 bits per heavy atom. The summed E-state index contributed by atoms with van der Waals surface area (Å²) in [6, 6.07) is 16.7. The van der Waals surface area contributed by atoms with Crippen LogP contribution in [-0.2, 0) is 22.7 Å². The van der Waals surface area contributed by atoms with Crippen LogP contribution in [0.3, 0.4) is 0 Å². The average molecular weight is 439 g/mol. The van der Waals surface area contributed by atoms with Gasteiger partial charge in [0.05, 0.1) is 13.1 Å². The molecule has 31 heavy (non-hydrogen) atoms. The van der Waals surface area contributed by atoms with Crippen LogP contribution < -0.4 is 10.6 Å². The Labute approximate surface area is 185 Å². The lowest BCUT2D eigenvalue weighted by Gasteiger charge is -2.41. The molecular formula is C23H23ClN4O3. The fourth-order valence-corrected chi connectivity index (χ4v) is 4.07. The Morgan fingerprint density at radius 3 is 2.65 bits per heavy atom. The summed E-state index contributed by atoms with van der Waals surface area (Å²) in [5.41, 5.74) is 1.19. The summed E-state index contributed by atoms with van der Waals surface area (Å²) in [4.78, 5) is 39.7. The first kappa shape index (κ1) is 20.9. The minimum atomic E-state index is -1.13. The molecule has 0 radical (unpaired) electrons. The van der Waals surface area contributed by atoms with Crippen molar-refractivity contribution in [2.75, 3.05) is 13.6 Å². The van der Waals surface area contributed by atoms with Crippen molar-refractivity contribution in [1.29, 1.82) is 0 Å². The van der Waals surface area contributed by atoms with E-state index in [9.17, 15) is 14.4 Å². The van der Waals surface area contributed by atoms with E-state index in [1.54, 1.807) is 26.1 Å². The molecule has 7 nitrogen and oxygen atoms in total. The van der Waals surface area contributed by atoms with Crippen molar-refractivity contribution in [3.8, 4) is 0 Å². The minimum absolute atomic E-state index is 0.184. The van der Waals surface area contributed by atoms with Crippen LogP contribution in [0, 0.1) is 0 Å². The number of nitrogens with one attached hydrogen (secondary N) is 2. The topological polar surface area (TPSA) is 83.4 Å². The van der Waals surface area contributed by atoms with E-state index in [1.807, 2.05) is 47.0 Å². The monoisotopic (exact) mass is 438 g/mol. The van der Waals surface area contributed by atoms with E-state index in [0.29, 0.717) is 23.8 Å². The Kier molecular flexibility index (Phi) is 5.45. The lowest BCUT2D eigenvalue weighted by atomic mass is 9.95. The molecule has 4 rings (SSSR count). The number of aromatic nitrogens is 1. The summed E-state index contributed by atoms with van der Waals surface area (Å²) >= 11 is 5.95. The van der Waals surface area contributed by atoms with Crippen LogP contribution in [0.15, 0.2) is 54.6 Å². The Bertz CT molecular complexity index is 1190. The van der Waals surface area contributed by atoms with E-state index in [4.69, 9.17) is 11.6 Å². The highest BCUT2D eigenvalue weighted by atomic mass is 35.5. The number of halogens is 1. The van der Waals surface area contributed by atoms with E-state index in [2.05, 4.69) is 10.6 Å². The van der Waals surface area contributed by atoms with Crippen LogP contribution in [0.25, 0.3) is 10.9 Å². The van der Waals surface area contributed by atoms with Crippen molar-refractivity contribution >= 4 is 40.2 Å². The molecule has 8 heteroatoms. The standard InChI is InChI=1S/C23H23ClN4O3/c1-23(22(31)26-13-20(29)25-12-15-6-5-8-17(24)10-15)14-28-18-9-4-3-7-16(18)11-19(28)21(30)27(23)2/h3-11H,12-14H2,1-2H3,(H,25,29)(H,26,31)/t23-/m0/s1. The maximum absolute atomic E-state index is 13.1. The third kappa shape index (κ3) is 3.88. The molecule has 0 bridgehead atoms. The summed E-state index contributed by atoms with van der Waals surface area (Å²) in [7, 11) is 1.61. The molecule has 1 aliphatic heterocycles. The Morgan fingerprint density at radius 1 is 1.10 bits per heavy atom. The lowest BCUT2D eigenvalue weighted by Crippen LogP contribution is -2.63. The van der Waals surface area contributed by atoms with Gasteiger partial charge in [-0.1, -0.05) is 41.9 Å². The molecule has 3 aromatic rings. The molecule has 2 N–H and O–H groups in total. The highest BCUT2D eigenvalue weighted by molar-refractivity contribution is 6.30. The normalized spacial score (nSPS) is 18.0. The number of amides is 3. The summed E-state index contributed by atoms with van der Waals surface area (Å²) < 4.78 is 1.87. The number of para-hydroxylation sites is 1. The van der Waals surface area contributed by atoms with Gasteiger partial charge in [-0.05, 0) is 36.8 Å². The molecule has 0 saturated heterocycles. The SMILES string of the molecule is CN1C(=O)c2cc3ccccc3n2C[C@@]1(C)C(=O)NCC(=O)NCc1cccc(Cl)c1. The third-order valence-corrected chi connectivity index (χ3v) is 6.05. The molecule has 2 aromatic carbocycles. The predicted octanol–water partition coefficient (Wildman–Crippen LogP) is 2.57. The van der Waals surface area contributed by atoms with Crippen LogP contribution in [0.5, 0.6) is 0 Å². The van der Waals surface area contributed by atoms with Gasteiger partial charge in [-0.2, -0.15) is 0 Å².